The number of hydrazone groups is 1. The number of carbonyl (C=O) groups is 1. The third-order valence-corrected chi connectivity index (χ3v) is 9.31. The molecule has 1 aliphatic rings. The molecule has 1 N–H and O–H groups in total. The fourth-order valence-corrected chi connectivity index (χ4v) is 5.91. The van der Waals surface area contributed by atoms with Crippen LogP contribution >= 0.6 is 23.5 Å². The molecule has 0 aromatic heterocycles. The second-order valence-electron chi connectivity index (χ2n) is 8.25. The number of benzene rings is 3. The predicted octanol–water partition coefficient (Wildman–Crippen LogP) is 4.65. The maximum atomic E-state index is 13.6. The average molecular weight is 572 g/mol. The summed E-state index contributed by atoms with van der Waals surface area (Å²) in [6.07, 6.45) is 3.67. The van der Waals surface area contributed by atoms with Crippen LogP contribution in [0.15, 0.2) is 87.7 Å². The van der Waals surface area contributed by atoms with Crippen molar-refractivity contribution in [1.29, 1.82) is 0 Å². The van der Waals surface area contributed by atoms with Gasteiger partial charge in [0.1, 0.15) is 24.1 Å². The van der Waals surface area contributed by atoms with Crippen LogP contribution in [0.3, 0.4) is 0 Å². The monoisotopic (exact) mass is 571 g/mol. The van der Waals surface area contributed by atoms with Crippen LogP contribution in [0, 0.1) is 0 Å². The number of hydrogen-bond acceptors (Lipinski definition) is 8. The molecule has 0 aliphatic carbocycles. The number of thioether (sulfide) groups is 2. The zero-order valence-corrected chi connectivity index (χ0v) is 23.5. The molecule has 8 nitrogen and oxygen atoms in total. The Morgan fingerprint density at radius 1 is 1.05 bits per heavy atom. The van der Waals surface area contributed by atoms with Crippen LogP contribution in [0.25, 0.3) is 0 Å². The highest BCUT2D eigenvalue weighted by Gasteiger charge is 2.27. The third-order valence-electron chi connectivity index (χ3n) is 5.56. The van der Waals surface area contributed by atoms with Gasteiger partial charge in [0.05, 0.1) is 23.4 Å². The van der Waals surface area contributed by atoms with Crippen molar-refractivity contribution in [2.24, 2.45) is 5.10 Å². The molecule has 0 bridgehead atoms. The van der Waals surface area contributed by atoms with Crippen LogP contribution in [0.2, 0.25) is 0 Å². The minimum absolute atomic E-state index is 0.0864. The fourth-order valence-electron chi connectivity index (χ4n) is 3.52. The molecule has 4 rings (SSSR count). The van der Waals surface area contributed by atoms with Gasteiger partial charge in [-0.3, -0.25) is 9.10 Å². The lowest BCUT2D eigenvalue weighted by molar-refractivity contribution is -0.119. The summed E-state index contributed by atoms with van der Waals surface area (Å²) in [5.41, 5.74) is 3.54. The van der Waals surface area contributed by atoms with E-state index in [1.807, 2.05) is 49.2 Å². The average Bonchev–Trinajstić information content (AvgIpc) is 2.91. The first-order valence-corrected chi connectivity index (χ1v) is 15.8. The van der Waals surface area contributed by atoms with Gasteiger partial charge in [0, 0.05) is 16.4 Å². The van der Waals surface area contributed by atoms with Gasteiger partial charge >= 0.3 is 0 Å². The van der Waals surface area contributed by atoms with E-state index in [4.69, 9.17) is 9.47 Å². The van der Waals surface area contributed by atoms with Crippen molar-refractivity contribution >= 4 is 51.4 Å². The van der Waals surface area contributed by atoms with Gasteiger partial charge in [0.2, 0.25) is 0 Å². The van der Waals surface area contributed by atoms with E-state index in [-0.39, 0.29) is 11.0 Å². The van der Waals surface area contributed by atoms with Crippen LogP contribution in [0.5, 0.6) is 11.5 Å². The molecular formula is C27H29N3O5S3. The Kier molecular flexibility index (Phi) is 9.59. The largest absolute Gasteiger partial charge is 0.494 e. The first kappa shape index (κ1) is 27.9. The van der Waals surface area contributed by atoms with Crippen LogP contribution in [-0.4, -0.2) is 57.6 Å². The highest BCUT2D eigenvalue weighted by molar-refractivity contribution is 8.00. The highest BCUT2D eigenvalue weighted by Crippen LogP contribution is 2.27. The molecule has 11 heteroatoms. The molecule has 0 radical (unpaired) electrons. The lowest BCUT2D eigenvalue weighted by Gasteiger charge is -2.25. The number of hydrogen-bond donors (Lipinski definition) is 1. The lowest BCUT2D eigenvalue weighted by Crippen LogP contribution is -2.39. The Balaban J connectivity index is 1.47. The van der Waals surface area contributed by atoms with Crippen LogP contribution in [0.1, 0.15) is 12.5 Å². The molecule has 1 amide bonds. The van der Waals surface area contributed by atoms with Crippen molar-refractivity contribution < 1.29 is 22.7 Å². The minimum Gasteiger partial charge on any atom is -0.494 e. The van der Waals surface area contributed by atoms with E-state index < -0.39 is 22.5 Å². The second-order valence-corrected chi connectivity index (χ2v) is 12.1. The Morgan fingerprint density at radius 3 is 2.29 bits per heavy atom. The quantitative estimate of drug-likeness (QED) is 0.192. The van der Waals surface area contributed by atoms with E-state index in [1.54, 1.807) is 36.4 Å². The summed E-state index contributed by atoms with van der Waals surface area (Å²) in [7, 11) is -4.03. The molecule has 1 aliphatic heterocycles. The molecule has 1 saturated heterocycles. The molecular weight excluding hydrogens is 543 g/mol. The number of carbonyl (C=O) groups excluding carboxylic acids is 1. The Labute approximate surface area is 231 Å². The maximum Gasteiger partial charge on any atom is 0.264 e. The summed E-state index contributed by atoms with van der Waals surface area (Å²) in [5.74, 6) is 2.82. The van der Waals surface area contributed by atoms with Crippen molar-refractivity contribution in [3.63, 3.8) is 0 Å². The molecule has 200 valence electrons. The fraction of sp³-hybridized carbons (Fsp3) is 0.259. The molecule has 0 unspecified atom stereocenters. The Bertz CT molecular complexity index is 1340. The number of ether oxygens (including phenoxy) is 2. The number of amides is 1. The summed E-state index contributed by atoms with van der Waals surface area (Å²) in [5, 5.41) is 4.01. The summed E-state index contributed by atoms with van der Waals surface area (Å²) in [4.78, 5) is 13.8. The molecule has 38 heavy (non-hydrogen) atoms. The van der Waals surface area contributed by atoms with Gasteiger partial charge < -0.3 is 9.47 Å². The van der Waals surface area contributed by atoms with Gasteiger partial charge in [-0.1, -0.05) is 0 Å². The van der Waals surface area contributed by atoms with Gasteiger partial charge in [-0.05, 0) is 91.5 Å². The van der Waals surface area contributed by atoms with E-state index in [0.29, 0.717) is 18.0 Å². The topological polar surface area (TPSA) is 97.3 Å². The maximum absolute atomic E-state index is 13.6. The number of nitrogens with zero attached hydrogens (tertiary/aromatic N) is 2. The number of sulfonamides is 1. The first-order chi connectivity index (χ1) is 18.4. The zero-order valence-electron chi connectivity index (χ0n) is 21.1. The summed E-state index contributed by atoms with van der Waals surface area (Å²) >= 11 is 3.37. The van der Waals surface area contributed by atoms with E-state index in [2.05, 4.69) is 10.5 Å². The van der Waals surface area contributed by atoms with Crippen molar-refractivity contribution in [3.05, 3.63) is 78.4 Å². The molecule has 0 atom stereocenters. The molecule has 3 aromatic carbocycles. The normalized spacial score (nSPS) is 13.6. The SMILES string of the molecule is CCOc1ccc(N(CC(=O)N/N=C/c2ccc(OC3CSC3)cc2)S(=O)(=O)c2ccc(SC)cc2)cc1. The number of rotatable bonds is 12. The number of nitrogens with one attached hydrogen (secondary N) is 1. The number of anilines is 1. The standard InChI is InChI=1S/C27H29N3O5S3/c1-3-34-22-10-6-21(7-11-22)30(38(32,33)26-14-12-25(36-2)13-15-26)17-27(31)29-28-16-20-4-8-23(9-5-20)35-24-18-37-19-24/h4-16,24H,3,17-19H2,1-2H3,(H,29,31)/b28-16+. The molecule has 1 heterocycles. The molecule has 0 spiro atoms. The van der Waals surface area contributed by atoms with Crippen molar-refractivity contribution in [2.45, 2.75) is 22.8 Å². The van der Waals surface area contributed by atoms with Gasteiger partial charge in [-0.25, -0.2) is 13.8 Å². The lowest BCUT2D eigenvalue weighted by atomic mass is 10.2. The van der Waals surface area contributed by atoms with Crippen molar-refractivity contribution in [2.75, 3.05) is 35.2 Å². The van der Waals surface area contributed by atoms with E-state index in [0.717, 1.165) is 32.0 Å². The van der Waals surface area contributed by atoms with Gasteiger partial charge in [0.25, 0.3) is 15.9 Å². The van der Waals surface area contributed by atoms with Crippen LogP contribution in [0.4, 0.5) is 5.69 Å². The van der Waals surface area contributed by atoms with Gasteiger partial charge in [0.15, 0.2) is 0 Å². The summed E-state index contributed by atoms with van der Waals surface area (Å²) in [6, 6.07) is 20.5. The minimum atomic E-state index is -4.03. The summed E-state index contributed by atoms with van der Waals surface area (Å²) < 4.78 is 39.5. The van der Waals surface area contributed by atoms with Gasteiger partial charge in [-0.2, -0.15) is 16.9 Å². The highest BCUT2D eigenvalue weighted by atomic mass is 32.2. The smallest absolute Gasteiger partial charge is 0.264 e. The van der Waals surface area contributed by atoms with E-state index >= 15 is 0 Å². The molecule has 1 fully saturated rings. The predicted molar refractivity (Wildman–Crippen MR) is 154 cm³/mol. The molecule has 3 aromatic rings. The van der Waals surface area contributed by atoms with Crippen molar-refractivity contribution in [3.8, 4) is 11.5 Å². The van der Waals surface area contributed by atoms with Crippen LogP contribution in [-0.2, 0) is 14.8 Å². The first-order valence-electron chi connectivity index (χ1n) is 11.9. The van der Waals surface area contributed by atoms with Crippen molar-refractivity contribution in [1.82, 2.24) is 5.43 Å². The van der Waals surface area contributed by atoms with E-state index in [9.17, 15) is 13.2 Å². The van der Waals surface area contributed by atoms with E-state index in [1.165, 1.54) is 30.1 Å². The zero-order chi connectivity index (χ0) is 27.0. The second kappa shape index (κ2) is 13.1. The third kappa shape index (κ3) is 7.24. The summed E-state index contributed by atoms with van der Waals surface area (Å²) in [6.45, 7) is 1.90. The Morgan fingerprint density at radius 2 is 1.71 bits per heavy atom. The van der Waals surface area contributed by atoms with Gasteiger partial charge in [-0.15, -0.1) is 11.8 Å². The van der Waals surface area contributed by atoms with Crippen LogP contribution < -0.4 is 19.2 Å². The molecule has 0 saturated carbocycles. The Hall–Kier alpha value is -3.15.